The van der Waals surface area contributed by atoms with Crippen LogP contribution in [-0.4, -0.2) is 6.54 Å². The first-order valence-electron chi connectivity index (χ1n) is 10.3. The van der Waals surface area contributed by atoms with Gasteiger partial charge in [0.25, 0.3) is 0 Å². The normalized spacial score (nSPS) is 16.5. The van der Waals surface area contributed by atoms with Gasteiger partial charge in [0.05, 0.1) is 5.56 Å². The second-order valence-electron chi connectivity index (χ2n) is 6.05. The molecule has 0 heterocycles. The summed E-state index contributed by atoms with van der Waals surface area (Å²) in [5.74, 6) is 0. The van der Waals surface area contributed by atoms with Gasteiger partial charge >= 0.3 is 6.18 Å². The van der Waals surface area contributed by atoms with E-state index in [0.29, 0.717) is 6.07 Å². The molecular formula is C22H22F3N. The van der Waals surface area contributed by atoms with Crippen molar-refractivity contribution in [2.24, 2.45) is 0 Å². The van der Waals surface area contributed by atoms with E-state index in [1.807, 2.05) is 49.4 Å². The smallest absolute Gasteiger partial charge is 0.310 e. The third kappa shape index (κ3) is 4.44. The summed E-state index contributed by atoms with van der Waals surface area (Å²) in [6.45, 7) is 1.47. The minimum absolute atomic E-state index is 0.288. The molecule has 1 N–H and O–H groups in total. The van der Waals surface area contributed by atoms with Crippen LogP contribution in [0, 0.1) is 0 Å². The second-order valence-corrected chi connectivity index (χ2v) is 6.05. The fourth-order valence-electron chi connectivity index (χ4n) is 2.86. The number of hydrogen-bond donors (Lipinski definition) is 1. The molecule has 0 spiro atoms. The molecule has 3 rings (SSSR count). The SMILES string of the molecule is [2H]C([2H])(CN[C@H](C)c1cccc2ccccc12)C([2H])([2H])c1cccc(C(F)(F)F)c1. The zero-order chi connectivity index (χ0) is 22.2. The highest BCUT2D eigenvalue weighted by atomic mass is 19.4. The Hall–Kier alpha value is -2.33. The first-order valence-corrected chi connectivity index (χ1v) is 8.32. The van der Waals surface area contributed by atoms with E-state index in [9.17, 15) is 13.2 Å². The molecule has 1 nitrogen and oxygen atoms in total. The van der Waals surface area contributed by atoms with Crippen molar-refractivity contribution in [3.63, 3.8) is 0 Å². The highest BCUT2D eigenvalue weighted by Gasteiger charge is 2.30. The maximum atomic E-state index is 13.0. The van der Waals surface area contributed by atoms with Crippen molar-refractivity contribution in [1.29, 1.82) is 0 Å². The van der Waals surface area contributed by atoms with Crippen LogP contribution in [0.4, 0.5) is 13.2 Å². The topological polar surface area (TPSA) is 12.0 Å². The van der Waals surface area contributed by atoms with Crippen molar-refractivity contribution in [3.8, 4) is 0 Å². The molecule has 3 aromatic rings. The molecule has 1 atom stereocenters. The van der Waals surface area contributed by atoms with Crippen LogP contribution in [0.2, 0.25) is 0 Å². The predicted molar refractivity (Wildman–Crippen MR) is 100 cm³/mol. The number of hydrogen-bond acceptors (Lipinski definition) is 1. The molecular weight excluding hydrogens is 335 g/mol. The van der Waals surface area contributed by atoms with Gasteiger partial charge in [-0.3, -0.25) is 0 Å². The molecule has 0 saturated heterocycles. The minimum atomic E-state index is -4.63. The van der Waals surface area contributed by atoms with Gasteiger partial charge in [-0.25, -0.2) is 0 Å². The molecule has 0 fully saturated rings. The van der Waals surface area contributed by atoms with Crippen molar-refractivity contribution in [2.45, 2.75) is 31.9 Å². The van der Waals surface area contributed by atoms with Gasteiger partial charge in [0.2, 0.25) is 0 Å². The summed E-state index contributed by atoms with van der Waals surface area (Å²) in [6, 6.07) is 17.0. The Morgan fingerprint density at radius 2 is 1.73 bits per heavy atom. The lowest BCUT2D eigenvalue weighted by Crippen LogP contribution is -2.20. The van der Waals surface area contributed by atoms with Crippen molar-refractivity contribution in [2.75, 3.05) is 6.54 Å². The lowest BCUT2D eigenvalue weighted by Gasteiger charge is -2.17. The van der Waals surface area contributed by atoms with E-state index in [0.717, 1.165) is 28.5 Å². The maximum Gasteiger partial charge on any atom is 0.416 e. The lowest BCUT2D eigenvalue weighted by atomic mass is 9.99. The van der Waals surface area contributed by atoms with Gasteiger partial charge in [-0.05, 0) is 54.2 Å². The van der Waals surface area contributed by atoms with Crippen LogP contribution in [0.3, 0.4) is 0 Å². The zero-order valence-electron chi connectivity index (χ0n) is 18.3. The average Bonchev–Trinajstić information content (AvgIpc) is 2.71. The van der Waals surface area contributed by atoms with Gasteiger partial charge in [0.1, 0.15) is 0 Å². The summed E-state index contributed by atoms with van der Waals surface area (Å²) < 4.78 is 72.0. The van der Waals surface area contributed by atoms with E-state index in [1.54, 1.807) is 0 Å². The van der Waals surface area contributed by atoms with E-state index in [1.165, 1.54) is 6.07 Å². The first-order chi connectivity index (χ1) is 13.9. The number of rotatable bonds is 6. The van der Waals surface area contributed by atoms with Crippen LogP contribution in [0.5, 0.6) is 0 Å². The van der Waals surface area contributed by atoms with E-state index in [2.05, 4.69) is 5.32 Å². The Morgan fingerprint density at radius 3 is 2.54 bits per heavy atom. The Balaban J connectivity index is 1.81. The summed E-state index contributed by atoms with van der Waals surface area (Å²) in [6.07, 6.45) is -9.70. The molecule has 0 bridgehead atoms. The van der Waals surface area contributed by atoms with Crippen molar-refractivity contribution in [3.05, 3.63) is 83.4 Å². The van der Waals surface area contributed by atoms with Gasteiger partial charge in [-0.2, -0.15) is 13.2 Å². The van der Waals surface area contributed by atoms with Crippen LogP contribution in [0.25, 0.3) is 10.8 Å². The van der Waals surface area contributed by atoms with Gasteiger partial charge in [0.15, 0.2) is 0 Å². The van der Waals surface area contributed by atoms with Crippen molar-refractivity contribution < 1.29 is 18.7 Å². The second kappa shape index (κ2) is 7.92. The molecule has 4 heteroatoms. The predicted octanol–water partition coefficient (Wildman–Crippen LogP) is 6.14. The molecule has 0 aliphatic heterocycles. The lowest BCUT2D eigenvalue weighted by molar-refractivity contribution is -0.137. The quantitative estimate of drug-likeness (QED) is 0.556. The highest BCUT2D eigenvalue weighted by molar-refractivity contribution is 5.86. The summed E-state index contributed by atoms with van der Waals surface area (Å²) in [4.78, 5) is 0. The first kappa shape index (κ1) is 13.8. The van der Waals surface area contributed by atoms with E-state index in [4.69, 9.17) is 5.48 Å². The molecule has 26 heavy (non-hydrogen) atoms. The number of nitrogens with one attached hydrogen (secondary N) is 1. The molecule has 3 aromatic carbocycles. The van der Waals surface area contributed by atoms with Crippen LogP contribution in [-0.2, 0) is 12.5 Å². The number of halogens is 3. The van der Waals surface area contributed by atoms with Gasteiger partial charge in [-0.15, -0.1) is 0 Å². The average molecular weight is 361 g/mol. The molecule has 0 aliphatic rings. The maximum absolute atomic E-state index is 13.0. The molecule has 0 amide bonds. The molecule has 136 valence electrons. The summed E-state index contributed by atoms with van der Waals surface area (Å²) in [5.41, 5.74) is -0.415. The number of fused-ring (bicyclic) bond motifs is 1. The Bertz CT molecular complexity index is 1030. The van der Waals surface area contributed by atoms with Crippen LogP contribution >= 0.6 is 0 Å². The molecule has 0 aromatic heterocycles. The monoisotopic (exact) mass is 361 g/mol. The number of alkyl halides is 3. The van der Waals surface area contributed by atoms with Gasteiger partial charge in [-0.1, -0.05) is 60.7 Å². The minimum Gasteiger partial charge on any atom is -0.310 e. The largest absolute Gasteiger partial charge is 0.416 e. The molecule has 0 aliphatic carbocycles. The Kier molecular flexibility index (Phi) is 4.21. The van der Waals surface area contributed by atoms with Gasteiger partial charge in [0, 0.05) is 11.5 Å². The third-order valence-corrected chi connectivity index (χ3v) is 4.21. The Labute approximate surface area is 157 Å². The van der Waals surface area contributed by atoms with Crippen LogP contribution < -0.4 is 5.32 Å². The van der Waals surface area contributed by atoms with E-state index in [-0.39, 0.29) is 18.2 Å². The Morgan fingerprint density at radius 1 is 1.00 bits per heavy atom. The standard InChI is InChI=1S/C22H22F3N/c1-16(20-13-5-10-18-9-2-3-12-21(18)20)26-14-6-8-17-7-4-11-19(15-17)22(23,24)25/h2-5,7,9-13,15-16,26H,6,8,14H2,1H3/t16-/m1/s1/i6D2,8D2. The summed E-state index contributed by atoms with van der Waals surface area (Å²) >= 11 is 0. The fourth-order valence-corrected chi connectivity index (χ4v) is 2.86. The van der Waals surface area contributed by atoms with Crippen LogP contribution in [0.15, 0.2) is 66.7 Å². The van der Waals surface area contributed by atoms with Crippen molar-refractivity contribution in [1.82, 2.24) is 5.32 Å². The molecule has 0 unspecified atom stereocenters. The highest BCUT2D eigenvalue weighted by Crippen LogP contribution is 2.29. The molecule has 0 saturated carbocycles. The fraction of sp³-hybridized carbons (Fsp3) is 0.273. The van der Waals surface area contributed by atoms with Gasteiger partial charge < -0.3 is 5.32 Å². The van der Waals surface area contributed by atoms with E-state index < -0.39 is 24.5 Å². The molecule has 0 radical (unpaired) electrons. The summed E-state index contributed by atoms with van der Waals surface area (Å²) in [7, 11) is 0. The number of benzene rings is 3. The zero-order valence-corrected chi connectivity index (χ0v) is 14.3. The van der Waals surface area contributed by atoms with Crippen molar-refractivity contribution >= 4 is 10.8 Å². The summed E-state index contributed by atoms with van der Waals surface area (Å²) in [5, 5.41) is 5.05. The van der Waals surface area contributed by atoms with Crippen LogP contribution in [0.1, 0.15) is 41.5 Å². The van der Waals surface area contributed by atoms with E-state index >= 15 is 0 Å². The number of aryl methyl sites for hydroxylation is 1. The third-order valence-electron chi connectivity index (χ3n) is 4.21.